The van der Waals surface area contributed by atoms with Crippen molar-refractivity contribution < 1.29 is 14.7 Å². The van der Waals surface area contributed by atoms with Gasteiger partial charge in [0.15, 0.2) is 0 Å². The third kappa shape index (κ3) is 2.81. The molecule has 3 rings (SSSR count). The van der Waals surface area contributed by atoms with Crippen LogP contribution in [0, 0.1) is 5.92 Å². The van der Waals surface area contributed by atoms with Gasteiger partial charge < -0.3 is 10.0 Å². The van der Waals surface area contributed by atoms with Crippen molar-refractivity contribution in [3.8, 4) is 0 Å². The highest BCUT2D eigenvalue weighted by Crippen LogP contribution is 2.40. The molecule has 0 aromatic carbocycles. The van der Waals surface area contributed by atoms with Crippen LogP contribution in [0.3, 0.4) is 0 Å². The molecule has 0 saturated carbocycles. The fourth-order valence-corrected chi connectivity index (χ4v) is 4.12. The van der Waals surface area contributed by atoms with E-state index >= 15 is 0 Å². The van der Waals surface area contributed by atoms with Gasteiger partial charge in [-0.1, -0.05) is 0 Å². The van der Waals surface area contributed by atoms with Gasteiger partial charge in [-0.3, -0.25) is 9.59 Å². The zero-order valence-electron chi connectivity index (χ0n) is 11.5. The number of carboxylic acid groups (broad SMARTS) is 1. The lowest BCUT2D eigenvalue weighted by molar-refractivity contribution is -0.138. The number of carbonyl (C=O) groups is 2. The van der Waals surface area contributed by atoms with Crippen LogP contribution in [0.2, 0.25) is 0 Å². The predicted molar refractivity (Wildman–Crippen MR) is 79.9 cm³/mol. The summed E-state index contributed by atoms with van der Waals surface area (Å²) in [5.41, 5.74) is 0.450. The largest absolute Gasteiger partial charge is 0.481 e. The number of carbonyl (C=O) groups excluding carboxylic acids is 1. The monoisotopic (exact) mass is 352 g/mol. The van der Waals surface area contributed by atoms with Gasteiger partial charge in [0.25, 0.3) is 5.91 Å². The van der Waals surface area contributed by atoms with Crippen molar-refractivity contribution in [2.45, 2.75) is 44.2 Å². The van der Waals surface area contributed by atoms with E-state index in [1.165, 1.54) is 0 Å². The first-order valence-corrected chi connectivity index (χ1v) is 8.00. The summed E-state index contributed by atoms with van der Waals surface area (Å²) in [6.07, 6.45) is 5.35. The first-order chi connectivity index (χ1) is 10.1. The van der Waals surface area contributed by atoms with Gasteiger partial charge in [0.05, 0.1) is 0 Å². The number of rotatable bonds is 3. The summed E-state index contributed by atoms with van der Waals surface area (Å²) >= 11 is 3.38. The maximum Gasteiger partial charge on any atom is 0.303 e. The molecule has 2 atom stereocenters. The second-order valence-electron chi connectivity index (χ2n) is 5.87. The SMILES string of the molecule is O=C(O)CC1CC2CCC(C1)N2C(=O)c1ncccc1Br. The molecule has 3 heterocycles. The molecule has 6 heteroatoms. The topological polar surface area (TPSA) is 70.5 Å². The molecule has 112 valence electrons. The number of hydrogen-bond acceptors (Lipinski definition) is 3. The van der Waals surface area contributed by atoms with E-state index in [4.69, 9.17) is 5.11 Å². The van der Waals surface area contributed by atoms with Gasteiger partial charge in [0.1, 0.15) is 5.69 Å². The van der Waals surface area contributed by atoms with E-state index in [0.717, 1.165) is 25.7 Å². The van der Waals surface area contributed by atoms with Crippen molar-refractivity contribution in [3.05, 3.63) is 28.5 Å². The maximum atomic E-state index is 12.7. The molecule has 1 aromatic rings. The van der Waals surface area contributed by atoms with Crippen LogP contribution in [-0.4, -0.2) is 39.0 Å². The van der Waals surface area contributed by atoms with Crippen LogP contribution < -0.4 is 0 Å². The third-order valence-electron chi connectivity index (χ3n) is 4.49. The Labute approximate surface area is 131 Å². The van der Waals surface area contributed by atoms with E-state index in [1.807, 2.05) is 11.0 Å². The van der Waals surface area contributed by atoms with Gasteiger partial charge in [-0.25, -0.2) is 4.98 Å². The Balaban J connectivity index is 1.78. The van der Waals surface area contributed by atoms with Gasteiger partial charge in [-0.15, -0.1) is 0 Å². The molecule has 0 radical (unpaired) electrons. The third-order valence-corrected chi connectivity index (χ3v) is 5.13. The van der Waals surface area contributed by atoms with E-state index in [1.54, 1.807) is 12.3 Å². The molecule has 2 unspecified atom stereocenters. The number of fused-ring (bicyclic) bond motifs is 2. The molecule has 2 fully saturated rings. The van der Waals surface area contributed by atoms with Gasteiger partial charge in [-0.05, 0) is 59.7 Å². The van der Waals surface area contributed by atoms with Crippen molar-refractivity contribution in [1.29, 1.82) is 0 Å². The highest BCUT2D eigenvalue weighted by Gasteiger charge is 2.44. The number of piperidine rings is 1. The molecule has 5 nitrogen and oxygen atoms in total. The molecule has 2 aliphatic heterocycles. The van der Waals surface area contributed by atoms with E-state index < -0.39 is 5.97 Å². The quantitative estimate of drug-likeness (QED) is 0.907. The first kappa shape index (κ1) is 14.5. The van der Waals surface area contributed by atoms with Crippen LogP contribution in [-0.2, 0) is 4.79 Å². The normalized spacial score (nSPS) is 27.7. The number of aromatic nitrogens is 1. The number of nitrogens with zero attached hydrogens (tertiary/aromatic N) is 2. The predicted octanol–water partition coefficient (Wildman–Crippen LogP) is 2.70. The second kappa shape index (κ2) is 5.75. The highest BCUT2D eigenvalue weighted by molar-refractivity contribution is 9.10. The van der Waals surface area contributed by atoms with E-state index in [-0.39, 0.29) is 30.3 Å². The number of pyridine rings is 1. The fourth-order valence-electron chi connectivity index (χ4n) is 3.70. The van der Waals surface area contributed by atoms with Crippen molar-refractivity contribution in [2.24, 2.45) is 5.92 Å². The molecule has 0 aliphatic carbocycles. The number of carboxylic acids is 1. The molecule has 2 saturated heterocycles. The number of hydrogen-bond donors (Lipinski definition) is 1. The van der Waals surface area contributed by atoms with Crippen LogP contribution in [0.5, 0.6) is 0 Å². The molecule has 2 aliphatic rings. The molecule has 1 amide bonds. The Morgan fingerprint density at radius 3 is 2.57 bits per heavy atom. The molecule has 2 bridgehead atoms. The summed E-state index contributed by atoms with van der Waals surface area (Å²) in [5.74, 6) is -0.591. The van der Waals surface area contributed by atoms with Gasteiger partial charge in [-0.2, -0.15) is 0 Å². The first-order valence-electron chi connectivity index (χ1n) is 7.21. The number of amides is 1. The Kier molecular flexibility index (Phi) is 3.97. The summed E-state index contributed by atoms with van der Waals surface area (Å²) in [6.45, 7) is 0. The summed E-state index contributed by atoms with van der Waals surface area (Å²) in [4.78, 5) is 29.7. The van der Waals surface area contributed by atoms with Gasteiger partial charge in [0, 0.05) is 29.2 Å². The van der Waals surface area contributed by atoms with Crippen LogP contribution in [0.15, 0.2) is 22.8 Å². The minimum absolute atomic E-state index is 0.0382. The Morgan fingerprint density at radius 2 is 2.00 bits per heavy atom. The zero-order valence-corrected chi connectivity index (χ0v) is 13.1. The summed E-state index contributed by atoms with van der Waals surface area (Å²) in [7, 11) is 0. The van der Waals surface area contributed by atoms with Crippen LogP contribution in [0.25, 0.3) is 0 Å². The average Bonchev–Trinajstić information content (AvgIpc) is 2.69. The molecule has 21 heavy (non-hydrogen) atoms. The van der Waals surface area contributed by atoms with Crippen molar-refractivity contribution in [1.82, 2.24) is 9.88 Å². The summed E-state index contributed by atoms with van der Waals surface area (Å²) in [6, 6.07) is 3.93. The zero-order chi connectivity index (χ0) is 15.0. The lowest BCUT2D eigenvalue weighted by Gasteiger charge is -2.38. The Bertz CT molecular complexity index is 564. The van der Waals surface area contributed by atoms with Crippen molar-refractivity contribution in [2.75, 3.05) is 0 Å². The van der Waals surface area contributed by atoms with Crippen LogP contribution in [0.1, 0.15) is 42.6 Å². The fraction of sp³-hybridized carbons (Fsp3) is 0.533. The Morgan fingerprint density at radius 1 is 1.33 bits per heavy atom. The molecule has 1 N–H and O–H groups in total. The smallest absolute Gasteiger partial charge is 0.303 e. The lowest BCUT2D eigenvalue weighted by atomic mass is 9.88. The number of aliphatic carboxylic acids is 1. The summed E-state index contributed by atoms with van der Waals surface area (Å²) in [5, 5.41) is 8.95. The summed E-state index contributed by atoms with van der Waals surface area (Å²) < 4.78 is 0.710. The molecule has 1 aromatic heterocycles. The van der Waals surface area contributed by atoms with E-state index in [0.29, 0.717) is 10.2 Å². The van der Waals surface area contributed by atoms with Gasteiger partial charge >= 0.3 is 5.97 Å². The van der Waals surface area contributed by atoms with E-state index in [9.17, 15) is 9.59 Å². The highest BCUT2D eigenvalue weighted by atomic mass is 79.9. The minimum Gasteiger partial charge on any atom is -0.481 e. The van der Waals surface area contributed by atoms with Crippen molar-refractivity contribution in [3.63, 3.8) is 0 Å². The van der Waals surface area contributed by atoms with Crippen LogP contribution >= 0.6 is 15.9 Å². The van der Waals surface area contributed by atoms with Gasteiger partial charge in [0.2, 0.25) is 0 Å². The maximum absolute atomic E-state index is 12.7. The second-order valence-corrected chi connectivity index (χ2v) is 6.72. The molecular weight excluding hydrogens is 336 g/mol. The molecular formula is C15H17BrN2O3. The van der Waals surface area contributed by atoms with E-state index in [2.05, 4.69) is 20.9 Å². The molecule has 0 spiro atoms. The average molecular weight is 353 g/mol. The minimum atomic E-state index is -0.744. The lowest BCUT2D eigenvalue weighted by Crippen LogP contribution is -2.47. The standard InChI is InChI=1S/C15H17BrN2O3/c16-12-2-1-5-17-14(12)15(21)18-10-3-4-11(18)7-9(6-10)8-13(19)20/h1-2,5,9-11H,3-4,6-8H2,(H,19,20). The Hall–Kier alpha value is -1.43. The number of halogens is 1. The van der Waals surface area contributed by atoms with Crippen LogP contribution in [0.4, 0.5) is 0 Å². The van der Waals surface area contributed by atoms with Crippen molar-refractivity contribution >= 4 is 27.8 Å².